The van der Waals surface area contributed by atoms with Crippen LogP contribution < -0.4 is 5.32 Å². The zero-order valence-corrected chi connectivity index (χ0v) is 6.46. The van der Waals surface area contributed by atoms with Gasteiger partial charge in [0.05, 0.1) is 0 Å². The fraction of sp³-hybridized carbons (Fsp3) is 1.00. The SMILES string of the molecule is CCCNC1(C(F)(F)F)CC1. The van der Waals surface area contributed by atoms with Crippen LogP contribution >= 0.6 is 0 Å². The largest absolute Gasteiger partial charge is 0.406 e. The second-order valence-corrected chi connectivity index (χ2v) is 3.01. The molecule has 0 amide bonds. The maximum Gasteiger partial charge on any atom is 0.406 e. The molecule has 1 fully saturated rings. The standard InChI is InChI=1S/C7H12F3N/c1-2-5-11-6(3-4-6)7(8,9)10/h11H,2-5H2,1H3. The topological polar surface area (TPSA) is 12.0 Å². The summed E-state index contributed by atoms with van der Waals surface area (Å²) in [5.74, 6) is 0. The first-order valence-corrected chi connectivity index (χ1v) is 3.83. The molecule has 1 aliphatic carbocycles. The summed E-state index contributed by atoms with van der Waals surface area (Å²) in [5.41, 5.74) is -1.51. The van der Waals surface area contributed by atoms with Gasteiger partial charge in [0.1, 0.15) is 5.54 Å². The molecule has 0 aliphatic heterocycles. The Balaban J connectivity index is 2.41. The van der Waals surface area contributed by atoms with Gasteiger partial charge in [-0.15, -0.1) is 0 Å². The Morgan fingerprint density at radius 2 is 1.91 bits per heavy atom. The zero-order chi connectivity index (χ0) is 8.54. The van der Waals surface area contributed by atoms with Crippen molar-refractivity contribution in [3.8, 4) is 0 Å². The van der Waals surface area contributed by atoms with Crippen LogP contribution in [0.2, 0.25) is 0 Å². The minimum absolute atomic E-state index is 0.247. The Bertz CT molecular complexity index is 137. The summed E-state index contributed by atoms with van der Waals surface area (Å²) in [6, 6.07) is 0. The van der Waals surface area contributed by atoms with Crippen LogP contribution in [0.1, 0.15) is 26.2 Å². The molecule has 0 heterocycles. The average molecular weight is 167 g/mol. The Hall–Kier alpha value is -0.250. The molecule has 0 spiro atoms. The van der Waals surface area contributed by atoms with E-state index in [0.29, 0.717) is 6.54 Å². The van der Waals surface area contributed by atoms with Gasteiger partial charge in [0.25, 0.3) is 0 Å². The van der Waals surface area contributed by atoms with Crippen molar-refractivity contribution in [3.63, 3.8) is 0 Å². The molecular formula is C7H12F3N. The predicted molar refractivity (Wildman–Crippen MR) is 36.3 cm³/mol. The molecule has 0 aromatic heterocycles. The van der Waals surface area contributed by atoms with Crippen LogP contribution in [0.4, 0.5) is 13.2 Å². The monoisotopic (exact) mass is 167 g/mol. The van der Waals surface area contributed by atoms with Crippen molar-refractivity contribution in [3.05, 3.63) is 0 Å². The van der Waals surface area contributed by atoms with E-state index in [1.165, 1.54) is 0 Å². The summed E-state index contributed by atoms with van der Waals surface area (Å²) in [7, 11) is 0. The molecular weight excluding hydrogens is 155 g/mol. The highest BCUT2D eigenvalue weighted by Crippen LogP contribution is 2.48. The first-order chi connectivity index (χ1) is 5.02. The van der Waals surface area contributed by atoms with E-state index in [1.54, 1.807) is 0 Å². The first-order valence-electron chi connectivity index (χ1n) is 3.83. The lowest BCUT2D eigenvalue weighted by Gasteiger charge is -2.19. The van der Waals surface area contributed by atoms with Gasteiger partial charge in [-0.2, -0.15) is 13.2 Å². The average Bonchev–Trinajstić information content (AvgIpc) is 2.61. The van der Waals surface area contributed by atoms with Gasteiger partial charge in [-0.1, -0.05) is 6.92 Å². The van der Waals surface area contributed by atoms with Gasteiger partial charge in [-0.05, 0) is 25.8 Å². The van der Waals surface area contributed by atoms with E-state index in [9.17, 15) is 13.2 Å². The molecule has 0 atom stereocenters. The lowest BCUT2D eigenvalue weighted by molar-refractivity contribution is -0.165. The lowest BCUT2D eigenvalue weighted by Crippen LogP contribution is -2.45. The maximum absolute atomic E-state index is 12.2. The van der Waals surface area contributed by atoms with Gasteiger partial charge in [0.15, 0.2) is 0 Å². The Morgan fingerprint density at radius 1 is 1.36 bits per heavy atom. The predicted octanol–water partition coefficient (Wildman–Crippen LogP) is 2.08. The van der Waals surface area contributed by atoms with Gasteiger partial charge >= 0.3 is 6.18 Å². The van der Waals surface area contributed by atoms with E-state index >= 15 is 0 Å². The van der Waals surface area contributed by atoms with E-state index in [1.807, 2.05) is 6.92 Å². The second kappa shape index (κ2) is 2.66. The number of nitrogens with one attached hydrogen (secondary N) is 1. The third-order valence-electron chi connectivity index (χ3n) is 2.01. The normalized spacial score (nSPS) is 21.8. The number of rotatable bonds is 3. The van der Waals surface area contributed by atoms with E-state index in [2.05, 4.69) is 5.32 Å². The van der Waals surface area contributed by atoms with Crippen molar-refractivity contribution in [2.24, 2.45) is 0 Å². The third-order valence-corrected chi connectivity index (χ3v) is 2.01. The van der Waals surface area contributed by atoms with Gasteiger partial charge in [-0.25, -0.2) is 0 Å². The fourth-order valence-corrected chi connectivity index (χ4v) is 1.05. The highest BCUT2D eigenvalue weighted by atomic mass is 19.4. The molecule has 1 N–H and O–H groups in total. The van der Waals surface area contributed by atoms with E-state index in [0.717, 1.165) is 6.42 Å². The Morgan fingerprint density at radius 3 is 2.18 bits per heavy atom. The fourth-order valence-electron chi connectivity index (χ4n) is 1.05. The van der Waals surface area contributed by atoms with Crippen molar-refractivity contribution in [1.82, 2.24) is 5.32 Å². The Labute approximate surface area is 64.0 Å². The number of halogens is 3. The minimum Gasteiger partial charge on any atom is -0.304 e. The molecule has 0 saturated heterocycles. The summed E-state index contributed by atoms with van der Waals surface area (Å²) in [6.45, 7) is 2.32. The molecule has 11 heavy (non-hydrogen) atoms. The number of hydrogen-bond acceptors (Lipinski definition) is 1. The molecule has 0 radical (unpaired) electrons. The number of alkyl halides is 3. The summed E-state index contributed by atoms with van der Waals surface area (Å²) in [4.78, 5) is 0. The smallest absolute Gasteiger partial charge is 0.304 e. The molecule has 1 saturated carbocycles. The van der Waals surface area contributed by atoms with Gasteiger partial charge in [0.2, 0.25) is 0 Å². The van der Waals surface area contributed by atoms with Crippen LogP contribution in [0.5, 0.6) is 0 Å². The molecule has 1 aliphatic rings. The van der Waals surface area contributed by atoms with E-state index < -0.39 is 11.7 Å². The quantitative estimate of drug-likeness (QED) is 0.678. The van der Waals surface area contributed by atoms with Crippen molar-refractivity contribution >= 4 is 0 Å². The van der Waals surface area contributed by atoms with Crippen LogP contribution in [0, 0.1) is 0 Å². The van der Waals surface area contributed by atoms with Crippen molar-refractivity contribution in [1.29, 1.82) is 0 Å². The van der Waals surface area contributed by atoms with Crippen LogP contribution in [0.25, 0.3) is 0 Å². The second-order valence-electron chi connectivity index (χ2n) is 3.01. The van der Waals surface area contributed by atoms with Crippen LogP contribution in [0.3, 0.4) is 0 Å². The molecule has 0 bridgehead atoms. The lowest BCUT2D eigenvalue weighted by atomic mass is 10.2. The van der Waals surface area contributed by atoms with Crippen molar-refractivity contribution < 1.29 is 13.2 Å². The molecule has 1 rings (SSSR count). The van der Waals surface area contributed by atoms with E-state index in [-0.39, 0.29) is 12.8 Å². The maximum atomic E-state index is 12.2. The van der Waals surface area contributed by atoms with Gasteiger partial charge in [-0.3, -0.25) is 0 Å². The molecule has 66 valence electrons. The van der Waals surface area contributed by atoms with E-state index in [4.69, 9.17) is 0 Å². The van der Waals surface area contributed by atoms with Gasteiger partial charge in [0, 0.05) is 0 Å². The van der Waals surface area contributed by atoms with Crippen LogP contribution in [-0.2, 0) is 0 Å². The third kappa shape index (κ3) is 1.67. The molecule has 0 unspecified atom stereocenters. The molecule has 0 aromatic carbocycles. The summed E-state index contributed by atoms with van der Waals surface area (Å²) in [5, 5.41) is 2.53. The summed E-state index contributed by atoms with van der Waals surface area (Å²) >= 11 is 0. The number of hydrogen-bond donors (Lipinski definition) is 1. The summed E-state index contributed by atoms with van der Waals surface area (Å²) < 4.78 is 36.5. The highest BCUT2D eigenvalue weighted by Gasteiger charge is 2.62. The van der Waals surface area contributed by atoms with Crippen LogP contribution in [0.15, 0.2) is 0 Å². The van der Waals surface area contributed by atoms with Crippen molar-refractivity contribution in [2.75, 3.05) is 6.54 Å². The molecule has 1 nitrogen and oxygen atoms in total. The summed E-state index contributed by atoms with van der Waals surface area (Å²) in [6.07, 6.45) is -2.81. The zero-order valence-electron chi connectivity index (χ0n) is 6.46. The van der Waals surface area contributed by atoms with Crippen molar-refractivity contribution in [2.45, 2.75) is 37.9 Å². The first kappa shape index (κ1) is 8.84. The highest BCUT2D eigenvalue weighted by molar-refractivity contribution is 5.07. The molecule has 4 heteroatoms. The van der Waals surface area contributed by atoms with Gasteiger partial charge < -0.3 is 5.32 Å². The van der Waals surface area contributed by atoms with Crippen LogP contribution in [-0.4, -0.2) is 18.3 Å². The minimum atomic E-state index is -4.05. The Kier molecular flexibility index (Phi) is 2.14. The molecule has 0 aromatic rings.